The zero-order valence-corrected chi connectivity index (χ0v) is 12.6. The topological polar surface area (TPSA) is 69.8 Å². The van der Waals surface area contributed by atoms with E-state index in [1.54, 1.807) is 12.3 Å². The molecule has 0 unspecified atom stereocenters. The van der Waals surface area contributed by atoms with E-state index >= 15 is 0 Å². The lowest BCUT2D eigenvalue weighted by molar-refractivity contribution is 0.102. The molecule has 1 amide bonds. The van der Waals surface area contributed by atoms with Crippen LogP contribution in [0, 0.1) is 0 Å². The van der Waals surface area contributed by atoms with Crippen molar-refractivity contribution in [2.45, 2.75) is 6.42 Å². The van der Waals surface area contributed by atoms with Gasteiger partial charge in [0.1, 0.15) is 5.69 Å². The summed E-state index contributed by atoms with van der Waals surface area (Å²) < 4.78 is 0. The van der Waals surface area contributed by atoms with Crippen LogP contribution in [-0.4, -0.2) is 22.6 Å². The van der Waals surface area contributed by atoms with Gasteiger partial charge in [-0.15, -0.1) is 0 Å². The molecule has 0 aliphatic rings. The van der Waals surface area contributed by atoms with Crippen molar-refractivity contribution in [3.63, 3.8) is 0 Å². The average Bonchev–Trinajstić information content (AvgIpc) is 3.12. The Hall–Kier alpha value is -3.08. The fraction of sp³-hybridized carbons (Fsp3) is 0.111. The fourth-order valence-electron chi connectivity index (χ4n) is 2.25. The smallest absolute Gasteiger partial charge is 0.273 e. The number of carbonyl (C=O) groups excluding carboxylic acids is 1. The first-order valence-electron chi connectivity index (χ1n) is 7.50. The summed E-state index contributed by atoms with van der Waals surface area (Å²) in [6, 6.07) is 19.6. The molecule has 0 bridgehead atoms. The van der Waals surface area contributed by atoms with Gasteiger partial charge in [0.15, 0.2) is 0 Å². The highest BCUT2D eigenvalue weighted by molar-refractivity contribution is 6.02. The Kier molecular flexibility index (Phi) is 4.69. The number of aromatic nitrogens is 2. The van der Waals surface area contributed by atoms with Crippen LogP contribution in [0.3, 0.4) is 0 Å². The molecule has 23 heavy (non-hydrogen) atoms. The van der Waals surface area contributed by atoms with Gasteiger partial charge in [-0.1, -0.05) is 30.3 Å². The minimum absolute atomic E-state index is 0.202. The lowest BCUT2D eigenvalue weighted by Gasteiger charge is -2.08. The second-order valence-electron chi connectivity index (χ2n) is 5.16. The molecule has 5 nitrogen and oxygen atoms in total. The Morgan fingerprint density at radius 2 is 1.70 bits per heavy atom. The number of rotatable bonds is 6. The number of nitrogens with zero attached hydrogens (tertiary/aromatic N) is 1. The molecule has 3 aromatic rings. The van der Waals surface area contributed by atoms with Crippen molar-refractivity contribution in [3.8, 4) is 0 Å². The SMILES string of the molecule is O=C(Nc1ccc(NCCc2ccccc2)cc1)c1ccn[nH]1. The second kappa shape index (κ2) is 7.26. The molecule has 0 atom stereocenters. The van der Waals surface area contributed by atoms with E-state index in [1.807, 2.05) is 42.5 Å². The molecule has 0 radical (unpaired) electrons. The Bertz CT molecular complexity index is 736. The highest BCUT2D eigenvalue weighted by atomic mass is 16.1. The van der Waals surface area contributed by atoms with E-state index in [2.05, 4.69) is 33.0 Å². The normalized spacial score (nSPS) is 10.3. The van der Waals surface area contributed by atoms with Gasteiger partial charge in [-0.05, 0) is 42.3 Å². The summed E-state index contributed by atoms with van der Waals surface area (Å²) in [6.07, 6.45) is 2.52. The Morgan fingerprint density at radius 1 is 0.957 bits per heavy atom. The van der Waals surface area contributed by atoms with E-state index in [4.69, 9.17) is 0 Å². The summed E-state index contributed by atoms with van der Waals surface area (Å²) in [7, 11) is 0. The number of nitrogens with one attached hydrogen (secondary N) is 3. The summed E-state index contributed by atoms with van der Waals surface area (Å²) in [6.45, 7) is 0.865. The van der Waals surface area contributed by atoms with Crippen LogP contribution in [0.25, 0.3) is 0 Å². The number of anilines is 2. The molecule has 3 rings (SSSR count). The number of H-pyrrole nitrogens is 1. The average molecular weight is 306 g/mol. The van der Waals surface area contributed by atoms with Crippen LogP contribution in [0.2, 0.25) is 0 Å². The van der Waals surface area contributed by atoms with E-state index in [-0.39, 0.29) is 5.91 Å². The molecule has 0 saturated carbocycles. The third-order valence-corrected chi connectivity index (χ3v) is 3.47. The molecular formula is C18H18N4O. The summed E-state index contributed by atoms with van der Waals surface area (Å²) in [4.78, 5) is 11.9. The maximum atomic E-state index is 11.9. The Labute approximate surface area is 134 Å². The van der Waals surface area contributed by atoms with Crippen LogP contribution in [0.15, 0.2) is 66.9 Å². The standard InChI is InChI=1S/C18H18N4O/c23-18(17-11-13-20-22-17)21-16-8-6-15(7-9-16)19-12-10-14-4-2-1-3-5-14/h1-9,11,13,19H,10,12H2,(H,20,22)(H,21,23). The maximum Gasteiger partial charge on any atom is 0.273 e. The lowest BCUT2D eigenvalue weighted by Crippen LogP contribution is -2.12. The summed E-state index contributed by atoms with van der Waals surface area (Å²) >= 11 is 0. The van der Waals surface area contributed by atoms with E-state index < -0.39 is 0 Å². The van der Waals surface area contributed by atoms with E-state index in [0.29, 0.717) is 5.69 Å². The van der Waals surface area contributed by atoms with Crippen LogP contribution in [-0.2, 0) is 6.42 Å². The number of hydrogen-bond acceptors (Lipinski definition) is 3. The summed E-state index contributed by atoms with van der Waals surface area (Å²) in [5, 5.41) is 12.6. The fourth-order valence-corrected chi connectivity index (χ4v) is 2.25. The van der Waals surface area contributed by atoms with Crippen LogP contribution >= 0.6 is 0 Å². The van der Waals surface area contributed by atoms with Gasteiger partial charge in [0, 0.05) is 24.1 Å². The molecule has 1 aromatic heterocycles. The van der Waals surface area contributed by atoms with Crippen LogP contribution < -0.4 is 10.6 Å². The molecule has 3 N–H and O–H groups in total. The van der Waals surface area contributed by atoms with Gasteiger partial charge in [0.2, 0.25) is 0 Å². The van der Waals surface area contributed by atoms with Gasteiger partial charge in [-0.25, -0.2) is 0 Å². The van der Waals surface area contributed by atoms with Crippen molar-refractivity contribution in [2.24, 2.45) is 0 Å². The second-order valence-corrected chi connectivity index (χ2v) is 5.16. The van der Waals surface area contributed by atoms with Crippen LogP contribution in [0.4, 0.5) is 11.4 Å². The van der Waals surface area contributed by atoms with E-state index in [1.165, 1.54) is 5.56 Å². The third-order valence-electron chi connectivity index (χ3n) is 3.47. The monoisotopic (exact) mass is 306 g/mol. The van der Waals surface area contributed by atoms with Crippen molar-refractivity contribution in [3.05, 3.63) is 78.1 Å². The zero-order chi connectivity index (χ0) is 15.9. The summed E-state index contributed by atoms with van der Waals surface area (Å²) in [5.41, 5.74) is 3.53. The van der Waals surface area contributed by atoms with Gasteiger partial charge < -0.3 is 10.6 Å². The molecule has 116 valence electrons. The highest BCUT2D eigenvalue weighted by Gasteiger charge is 2.06. The number of benzene rings is 2. The van der Waals surface area contributed by atoms with Crippen LogP contribution in [0.1, 0.15) is 16.1 Å². The van der Waals surface area contributed by atoms with Crippen molar-refractivity contribution in [1.82, 2.24) is 10.2 Å². The van der Waals surface area contributed by atoms with Crippen molar-refractivity contribution in [1.29, 1.82) is 0 Å². The Balaban J connectivity index is 1.50. The van der Waals surface area contributed by atoms with Gasteiger partial charge in [0.05, 0.1) is 0 Å². The molecule has 0 saturated heterocycles. The minimum Gasteiger partial charge on any atom is -0.385 e. The predicted molar refractivity (Wildman–Crippen MR) is 91.6 cm³/mol. The number of carbonyl (C=O) groups is 1. The van der Waals surface area contributed by atoms with Crippen molar-refractivity contribution in [2.75, 3.05) is 17.2 Å². The predicted octanol–water partition coefficient (Wildman–Crippen LogP) is 3.32. The quantitative estimate of drug-likeness (QED) is 0.654. The van der Waals surface area contributed by atoms with Gasteiger partial charge in [-0.2, -0.15) is 5.10 Å². The lowest BCUT2D eigenvalue weighted by atomic mass is 10.1. The molecule has 2 aromatic carbocycles. The molecule has 0 fully saturated rings. The van der Waals surface area contributed by atoms with Crippen molar-refractivity contribution >= 4 is 17.3 Å². The maximum absolute atomic E-state index is 11.9. The van der Waals surface area contributed by atoms with Gasteiger partial charge in [-0.3, -0.25) is 9.89 Å². The Morgan fingerprint density at radius 3 is 2.39 bits per heavy atom. The molecule has 0 aliphatic heterocycles. The van der Waals surface area contributed by atoms with Gasteiger partial charge >= 0.3 is 0 Å². The highest BCUT2D eigenvalue weighted by Crippen LogP contribution is 2.14. The third kappa shape index (κ3) is 4.20. The largest absolute Gasteiger partial charge is 0.385 e. The van der Waals surface area contributed by atoms with E-state index in [9.17, 15) is 4.79 Å². The minimum atomic E-state index is -0.202. The first-order chi connectivity index (χ1) is 11.3. The molecule has 0 spiro atoms. The van der Waals surface area contributed by atoms with Gasteiger partial charge in [0.25, 0.3) is 5.91 Å². The van der Waals surface area contributed by atoms with Crippen molar-refractivity contribution < 1.29 is 4.79 Å². The number of aromatic amines is 1. The number of amides is 1. The molecule has 0 aliphatic carbocycles. The molecular weight excluding hydrogens is 288 g/mol. The first kappa shape index (κ1) is 14.8. The first-order valence-corrected chi connectivity index (χ1v) is 7.50. The molecule has 5 heteroatoms. The summed E-state index contributed by atoms with van der Waals surface area (Å²) in [5.74, 6) is -0.202. The number of hydrogen-bond donors (Lipinski definition) is 3. The zero-order valence-electron chi connectivity index (χ0n) is 12.6. The van der Waals surface area contributed by atoms with E-state index in [0.717, 1.165) is 24.3 Å². The molecule has 1 heterocycles. The van der Waals surface area contributed by atoms with Crippen LogP contribution in [0.5, 0.6) is 0 Å².